The Labute approximate surface area is 98.1 Å². The van der Waals surface area contributed by atoms with Gasteiger partial charge in [0.05, 0.1) is 5.02 Å². The summed E-state index contributed by atoms with van der Waals surface area (Å²) in [5, 5.41) is -0.196. The molecule has 0 aromatic heterocycles. The second-order valence-electron chi connectivity index (χ2n) is 3.54. The molecule has 0 fully saturated rings. The Morgan fingerprint density at radius 3 is 2.38 bits per heavy atom. The minimum Gasteiger partial charge on any atom is -0.300 e. The average Bonchev–Trinajstić information content (AvgIpc) is 1.96. The minimum atomic E-state index is -3.70. The number of rotatable bonds is 3. The lowest BCUT2D eigenvalue weighted by Crippen LogP contribution is -2.04. The van der Waals surface area contributed by atoms with E-state index in [-0.39, 0.29) is 17.2 Å². The van der Waals surface area contributed by atoms with Crippen LogP contribution in [0.5, 0.6) is 0 Å². The van der Waals surface area contributed by atoms with Gasteiger partial charge in [0.2, 0.25) is 0 Å². The lowest BCUT2D eigenvalue weighted by atomic mass is 10.1. The molecule has 0 aliphatic carbocycles. The highest BCUT2D eigenvalue weighted by Crippen LogP contribution is 2.26. The fourth-order valence-electron chi connectivity index (χ4n) is 1.36. The van der Waals surface area contributed by atoms with Crippen LogP contribution in [0.4, 0.5) is 4.39 Å². The van der Waals surface area contributed by atoms with E-state index in [0.29, 0.717) is 5.56 Å². The highest BCUT2D eigenvalue weighted by atomic mass is 35.5. The Morgan fingerprint density at radius 2 is 2.00 bits per heavy atom. The molecule has 0 heterocycles. The van der Waals surface area contributed by atoms with Crippen LogP contribution in [0.2, 0.25) is 5.02 Å². The first-order chi connectivity index (χ1) is 7.21. The minimum absolute atomic E-state index is 0.0285. The molecule has 88 valence electrons. The van der Waals surface area contributed by atoms with Crippen molar-refractivity contribution < 1.29 is 17.6 Å². The summed E-state index contributed by atoms with van der Waals surface area (Å²) in [4.78, 5) is 10.3. The van der Waals surface area contributed by atoms with Crippen LogP contribution in [-0.4, -0.2) is 20.5 Å². The molecule has 0 aliphatic heterocycles. The molecule has 16 heavy (non-hydrogen) atoms. The topological polar surface area (TPSA) is 51.2 Å². The number of benzene rings is 1. The van der Waals surface area contributed by atoms with Crippen LogP contribution in [0, 0.1) is 5.82 Å². The van der Waals surface area contributed by atoms with Crippen LogP contribution < -0.4 is 0 Å². The van der Waals surface area contributed by atoms with Crippen molar-refractivity contribution in [2.45, 2.75) is 18.2 Å². The highest BCUT2D eigenvalue weighted by molar-refractivity contribution is 7.90. The molecular weight excluding hydrogens is 255 g/mol. The fraction of sp³-hybridized carbons (Fsp3) is 0.300. The summed E-state index contributed by atoms with van der Waals surface area (Å²) >= 11 is 5.67. The van der Waals surface area contributed by atoms with E-state index in [4.69, 9.17) is 11.6 Å². The zero-order valence-corrected chi connectivity index (χ0v) is 10.3. The third-order valence-corrected chi connectivity index (χ3v) is 3.45. The van der Waals surface area contributed by atoms with Gasteiger partial charge < -0.3 is 0 Å². The predicted molar refractivity (Wildman–Crippen MR) is 58.9 cm³/mol. The molecule has 1 aromatic rings. The van der Waals surface area contributed by atoms with Crippen molar-refractivity contribution in [2.24, 2.45) is 0 Å². The summed E-state index contributed by atoms with van der Waals surface area (Å²) in [6.45, 7) is 1.36. The molecule has 1 rings (SSSR count). The second kappa shape index (κ2) is 4.51. The highest BCUT2D eigenvalue weighted by Gasteiger charge is 2.19. The van der Waals surface area contributed by atoms with Crippen LogP contribution in [0.25, 0.3) is 0 Å². The molecule has 1 aromatic carbocycles. The van der Waals surface area contributed by atoms with Gasteiger partial charge in [0.25, 0.3) is 0 Å². The third-order valence-electron chi connectivity index (χ3n) is 1.88. The van der Waals surface area contributed by atoms with Crippen LogP contribution in [0.3, 0.4) is 0 Å². The summed E-state index contributed by atoms with van der Waals surface area (Å²) in [5.41, 5.74) is 0.363. The quantitative estimate of drug-likeness (QED) is 0.839. The number of Topliss-reactive ketones (excluding diaryl/α,β-unsaturated/α-hetero) is 1. The standard InChI is InChI=1S/C10H10ClFO3S/c1-6(13)3-7-4-8(11)10(9(12)5-7)16(2,14)15/h4-5H,3H2,1-2H3. The molecule has 0 spiro atoms. The van der Waals surface area contributed by atoms with Gasteiger partial charge in [-0.2, -0.15) is 0 Å². The van der Waals surface area contributed by atoms with Gasteiger partial charge >= 0.3 is 0 Å². The van der Waals surface area contributed by atoms with Crippen LogP contribution in [0.15, 0.2) is 17.0 Å². The lowest BCUT2D eigenvalue weighted by Gasteiger charge is -2.06. The number of carbonyl (C=O) groups is 1. The van der Waals surface area contributed by atoms with Crippen LogP contribution >= 0.6 is 11.6 Å². The molecule has 0 N–H and O–H groups in total. The number of hydrogen-bond acceptors (Lipinski definition) is 3. The van der Waals surface area contributed by atoms with E-state index < -0.39 is 20.5 Å². The van der Waals surface area contributed by atoms with Gasteiger partial charge in [-0.05, 0) is 24.6 Å². The van der Waals surface area contributed by atoms with E-state index in [1.54, 1.807) is 0 Å². The van der Waals surface area contributed by atoms with Gasteiger partial charge in [0.15, 0.2) is 9.84 Å². The molecule has 0 saturated heterocycles. The summed E-state index contributed by atoms with van der Waals surface area (Å²) in [6.07, 6.45) is 0.905. The van der Waals surface area contributed by atoms with Crippen molar-refractivity contribution in [1.29, 1.82) is 0 Å². The van der Waals surface area contributed by atoms with E-state index in [1.165, 1.54) is 13.0 Å². The lowest BCUT2D eigenvalue weighted by molar-refractivity contribution is -0.116. The Balaban J connectivity index is 3.34. The predicted octanol–water partition coefficient (Wildman–Crippen LogP) is 2.01. The maximum atomic E-state index is 13.5. The van der Waals surface area contributed by atoms with E-state index in [1.807, 2.05) is 0 Å². The number of halogens is 2. The number of hydrogen-bond donors (Lipinski definition) is 0. The molecule has 0 saturated carbocycles. The zero-order chi connectivity index (χ0) is 12.5. The maximum absolute atomic E-state index is 13.5. The van der Waals surface area contributed by atoms with Crippen molar-refractivity contribution in [3.8, 4) is 0 Å². The van der Waals surface area contributed by atoms with Crippen molar-refractivity contribution in [2.75, 3.05) is 6.26 Å². The van der Waals surface area contributed by atoms with Gasteiger partial charge in [0, 0.05) is 12.7 Å². The fourth-order valence-corrected chi connectivity index (χ4v) is 2.83. The smallest absolute Gasteiger partial charge is 0.179 e. The van der Waals surface area contributed by atoms with E-state index in [2.05, 4.69) is 0 Å². The number of ketones is 1. The second-order valence-corrected chi connectivity index (χ2v) is 5.90. The van der Waals surface area contributed by atoms with Gasteiger partial charge in [-0.3, -0.25) is 4.79 Å². The number of carbonyl (C=O) groups excluding carboxylic acids is 1. The maximum Gasteiger partial charge on any atom is 0.179 e. The molecule has 0 radical (unpaired) electrons. The first-order valence-electron chi connectivity index (χ1n) is 4.39. The summed E-state index contributed by atoms with van der Waals surface area (Å²) < 4.78 is 35.9. The van der Waals surface area contributed by atoms with E-state index in [9.17, 15) is 17.6 Å². The Kier molecular flexibility index (Phi) is 3.70. The third kappa shape index (κ3) is 3.02. The molecule has 0 bridgehead atoms. The molecule has 6 heteroatoms. The van der Waals surface area contributed by atoms with Gasteiger partial charge in [-0.15, -0.1) is 0 Å². The van der Waals surface area contributed by atoms with Crippen molar-refractivity contribution in [1.82, 2.24) is 0 Å². The van der Waals surface area contributed by atoms with Gasteiger partial charge in [-0.25, -0.2) is 12.8 Å². The molecule has 3 nitrogen and oxygen atoms in total. The van der Waals surface area contributed by atoms with Gasteiger partial charge in [-0.1, -0.05) is 11.6 Å². The first kappa shape index (κ1) is 13.1. The molecular formula is C10H10ClFO3S. The Morgan fingerprint density at radius 1 is 1.44 bits per heavy atom. The molecule has 0 atom stereocenters. The number of sulfone groups is 1. The summed E-state index contributed by atoms with van der Waals surface area (Å²) in [5.74, 6) is -1.08. The van der Waals surface area contributed by atoms with E-state index >= 15 is 0 Å². The average molecular weight is 265 g/mol. The monoisotopic (exact) mass is 264 g/mol. The van der Waals surface area contributed by atoms with Crippen LogP contribution in [0.1, 0.15) is 12.5 Å². The molecule has 0 amide bonds. The van der Waals surface area contributed by atoms with Crippen molar-refractivity contribution in [3.63, 3.8) is 0 Å². The Hall–Kier alpha value is -0.940. The van der Waals surface area contributed by atoms with Crippen molar-refractivity contribution in [3.05, 3.63) is 28.5 Å². The van der Waals surface area contributed by atoms with E-state index in [0.717, 1.165) is 12.3 Å². The molecule has 0 aliphatic rings. The SMILES string of the molecule is CC(=O)Cc1cc(F)c(S(C)(=O)=O)c(Cl)c1. The summed E-state index contributed by atoms with van der Waals surface area (Å²) in [7, 11) is -3.70. The Bertz CT molecular complexity index is 514. The summed E-state index contributed by atoms with van der Waals surface area (Å²) in [6, 6.07) is 2.31. The zero-order valence-electron chi connectivity index (χ0n) is 8.75. The molecule has 0 unspecified atom stereocenters. The van der Waals surface area contributed by atoms with Crippen molar-refractivity contribution >= 4 is 27.2 Å². The largest absolute Gasteiger partial charge is 0.300 e. The first-order valence-corrected chi connectivity index (χ1v) is 6.66. The van der Waals surface area contributed by atoms with Gasteiger partial charge in [0.1, 0.15) is 16.5 Å². The normalized spacial score (nSPS) is 11.5. The van der Waals surface area contributed by atoms with Crippen LogP contribution in [-0.2, 0) is 21.1 Å².